The Hall–Kier alpha value is -2.34. The van der Waals surface area contributed by atoms with Gasteiger partial charge in [0.2, 0.25) is 10.0 Å². The highest BCUT2D eigenvalue weighted by Gasteiger charge is 2.14. The van der Waals surface area contributed by atoms with Crippen LogP contribution in [0.5, 0.6) is 0 Å². The first-order valence-corrected chi connectivity index (χ1v) is 10.0. The summed E-state index contributed by atoms with van der Waals surface area (Å²) >= 11 is 0. The number of carbonyl (C=O) groups excluding carboxylic acids is 1. The molecule has 0 unspecified atom stereocenters. The van der Waals surface area contributed by atoms with E-state index < -0.39 is 10.0 Å². The molecule has 25 heavy (non-hydrogen) atoms. The molecule has 0 aliphatic heterocycles. The number of carbonyl (C=O) groups is 1. The van der Waals surface area contributed by atoms with E-state index in [4.69, 9.17) is 0 Å². The molecule has 0 spiro atoms. The molecule has 2 rings (SSSR count). The van der Waals surface area contributed by atoms with Gasteiger partial charge < -0.3 is 5.32 Å². The van der Waals surface area contributed by atoms with Crippen molar-refractivity contribution in [1.29, 1.82) is 0 Å². The van der Waals surface area contributed by atoms with Crippen LogP contribution in [0.4, 0.5) is 5.69 Å². The fourth-order valence-corrected chi connectivity index (χ4v) is 2.93. The van der Waals surface area contributed by atoms with E-state index in [2.05, 4.69) is 17.4 Å². The lowest BCUT2D eigenvalue weighted by Crippen LogP contribution is -2.33. The molecule has 0 heterocycles. The Balaban J connectivity index is 1.92. The van der Waals surface area contributed by atoms with Crippen LogP contribution in [0.15, 0.2) is 54.6 Å². The predicted octanol–water partition coefficient (Wildman–Crippen LogP) is 2.83. The molecule has 0 saturated heterocycles. The lowest BCUT2D eigenvalue weighted by atomic mass is 10.1. The van der Waals surface area contributed by atoms with Gasteiger partial charge in [0.25, 0.3) is 5.91 Å². The number of nitrogens with one attached hydrogen (secondary N) is 1. The molecule has 0 bridgehead atoms. The quantitative estimate of drug-likeness (QED) is 0.826. The zero-order chi connectivity index (χ0) is 18.4. The molecule has 2 aromatic carbocycles. The summed E-state index contributed by atoms with van der Waals surface area (Å²) in [5, 5.41) is 2.97. The first-order chi connectivity index (χ1) is 11.8. The normalized spacial score (nSPS) is 12.4. The van der Waals surface area contributed by atoms with Crippen LogP contribution in [0.1, 0.15) is 29.3 Å². The largest absolute Gasteiger partial charge is 0.350 e. The monoisotopic (exact) mass is 360 g/mol. The fraction of sp³-hybridized carbons (Fsp3) is 0.316. The summed E-state index contributed by atoms with van der Waals surface area (Å²) in [4.78, 5) is 12.3. The summed E-state index contributed by atoms with van der Waals surface area (Å²) in [6.07, 6.45) is 2.90. The Labute approximate surface area is 149 Å². The highest BCUT2D eigenvalue weighted by molar-refractivity contribution is 7.92. The van der Waals surface area contributed by atoms with E-state index in [1.54, 1.807) is 24.3 Å². The van der Waals surface area contributed by atoms with Crippen molar-refractivity contribution < 1.29 is 13.2 Å². The van der Waals surface area contributed by atoms with Gasteiger partial charge in [0, 0.05) is 18.7 Å². The molecule has 6 heteroatoms. The minimum absolute atomic E-state index is 0.0473. The molecule has 5 nitrogen and oxygen atoms in total. The highest BCUT2D eigenvalue weighted by atomic mass is 32.2. The summed E-state index contributed by atoms with van der Waals surface area (Å²) in [5.41, 5.74) is 2.28. The summed E-state index contributed by atoms with van der Waals surface area (Å²) in [7, 11) is -1.83. The van der Waals surface area contributed by atoms with Crippen molar-refractivity contribution in [2.75, 3.05) is 17.6 Å². The van der Waals surface area contributed by atoms with Gasteiger partial charge in [-0.1, -0.05) is 30.3 Å². The Morgan fingerprint density at radius 2 is 1.68 bits per heavy atom. The van der Waals surface area contributed by atoms with Crippen molar-refractivity contribution in [2.24, 2.45) is 0 Å². The second-order valence-electron chi connectivity index (χ2n) is 6.18. The molecule has 0 aliphatic carbocycles. The van der Waals surface area contributed by atoms with E-state index in [9.17, 15) is 13.2 Å². The number of benzene rings is 2. The summed E-state index contributed by atoms with van der Waals surface area (Å²) in [5.74, 6) is -0.158. The van der Waals surface area contributed by atoms with Crippen molar-refractivity contribution in [3.05, 3.63) is 65.7 Å². The molecule has 2 aromatic rings. The Morgan fingerprint density at radius 3 is 2.24 bits per heavy atom. The van der Waals surface area contributed by atoms with Crippen molar-refractivity contribution in [3.63, 3.8) is 0 Å². The Kier molecular flexibility index (Phi) is 6.20. The van der Waals surface area contributed by atoms with E-state index in [0.29, 0.717) is 11.3 Å². The van der Waals surface area contributed by atoms with Crippen molar-refractivity contribution in [3.8, 4) is 0 Å². The maximum absolute atomic E-state index is 12.3. The van der Waals surface area contributed by atoms with Gasteiger partial charge in [-0.05, 0) is 49.6 Å². The average molecular weight is 360 g/mol. The number of anilines is 1. The second kappa shape index (κ2) is 8.16. The van der Waals surface area contributed by atoms with Crippen LogP contribution in [0.25, 0.3) is 0 Å². The highest BCUT2D eigenvalue weighted by Crippen LogP contribution is 2.16. The van der Waals surface area contributed by atoms with Gasteiger partial charge in [0.1, 0.15) is 0 Å². The number of hydrogen-bond donors (Lipinski definition) is 1. The van der Waals surface area contributed by atoms with E-state index in [0.717, 1.165) is 19.1 Å². The fourth-order valence-electron chi connectivity index (χ4n) is 2.42. The SMILES string of the molecule is C[C@H](CCc1ccccc1)NC(=O)c1ccc(N(C)S(C)(=O)=O)cc1. The average Bonchev–Trinajstić information content (AvgIpc) is 2.59. The summed E-state index contributed by atoms with van der Waals surface area (Å²) < 4.78 is 24.2. The van der Waals surface area contributed by atoms with Gasteiger partial charge in [-0.15, -0.1) is 0 Å². The smallest absolute Gasteiger partial charge is 0.251 e. The number of aryl methyl sites for hydroxylation is 1. The van der Waals surface area contributed by atoms with Gasteiger partial charge in [0.15, 0.2) is 0 Å². The Bertz CT molecular complexity index is 802. The standard InChI is InChI=1S/C19H24N2O3S/c1-15(9-10-16-7-5-4-6-8-16)20-19(22)17-11-13-18(14-12-17)21(2)25(3,23)24/h4-8,11-15H,9-10H2,1-3H3,(H,20,22)/t15-/m1/s1. The molecule has 0 aliphatic rings. The van der Waals surface area contributed by atoms with Gasteiger partial charge in [-0.25, -0.2) is 8.42 Å². The minimum atomic E-state index is -3.31. The number of hydrogen-bond acceptors (Lipinski definition) is 3. The van der Waals surface area contributed by atoms with Gasteiger partial charge >= 0.3 is 0 Å². The third kappa shape index (κ3) is 5.60. The molecule has 0 fully saturated rings. The first kappa shape index (κ1) is 19.0. The number of sulfonamides is 1. The molecule has 1 atom stereocenters. The number of amides is 1. The molecule has 0 saturated carbocycles. The van der Waals surface area contributed by atoms with Crippen LogP contribution >= 0.6 is 0 Å². The molecule has 0 aromatic heterocycles. The van der Waals surface area contributed by atoms with Gasteiger partial charge in [-0.3, -0.25) is 9.10 Å². The van der Waals surface area contributed by atoms with E-state index in [1.165, 1.54) is 16.9 Å². The van der Waals surface area contributed by atoms with Crippen LogP contribution in [-0.4, -0.2) is 33.7 Å². The maximum atomic E-state index is 12.3. The van der Waals surface area contributed by atoms with E-state index >= 15 is 0 Å². The minimum Gasteiger partial charge on any atom is -0.350 e. The molecular formula is C19H24N2O3S. The summed E-state index contributed by atoms with van der Waals surface area (Å²) in [6, 6.07) is 16.7. The van der Waals surface area contributed by atoms with Crippen LogP contribution in [0.3, 0.4) is 0 Å². The lowest BCUT2D eigenvalue weighted by molar-refractivity contribution is 0.0938. The van der Waals surface area contributed by atoms with E-state index in [1.807, 2.05) is 25.1 Å². The first-order valence-electron chi connectivity index (χ1n) is 8.16. The van der Waals surface area contributed by atoms with Crippen LogP contribution in [0.2, 0.25) is 0 Å². The van der Waals surface area contributed by atoms with Crippen LogP contribution in [-0.2, 0) is 16.4 Å². The maximum Gasteiger partial charge on any atom is 0.251 e. The molecule has 134 valence electrons. The molecule has 1 N–H and O–H groups in total. The second-order valence-corrected chi connectivity index (χ2v) is 8.19. The van der Waals surface area contributed by atoms with Gasteiger partial charge in [-0.2, -0.15) is 0 Å². The predicted molar refractivity (Wildman–Crippen MR) is 101 cm³/mol. The van der Waals surface area contributed by atoms with Crippen molar-refractivity contribution in [2.45, 2.75) is 25.8 Å². The van der Waals surface area contributed by atoms with Crippen molar-refractivity contribution in [1.82, 2.24) is 5.32 Å². The van der Waals surface area contributed by atoms with E-state index in [-0.39, 0.29) is 11.9 Å². The lowest BCUT2D eigenvalue weighted by Gasteiger charge is -2.17. The zero-order valence-electron chi connectivity index (χ0n) is 14.8. The van der Waals surface area contributed by atoms with Crippen molar-refractivity contribution >= 4 is 21.6 Å². The zero-order valence-corrected chi connectivity index (χ0v) is 15.6. The molecule has 1 amide bonds. The number of nitrogens with zero attached hydrogens (tertiary/aromatic N) is 1. The van der Waals surface area contributed by atoms with Crippen LogP contribution < -0.4 is 9.62 Å². The topological polar surface area (TPSA) is 66.5 Å². The van der Waals surface area contributed by atoms with Gasteiger partial charge in [0.05, 0.1) is 11.9 Å². The third-order valence-electron chi connectivity index (χ3n) is 4.08. The molecule has 0 radical (unpaired) electrons. The van der Waals surface area contributed by atoms with Crippen LogP contribution in [0, 0.1) is 0 Å². The third-order valence-corrected chi connectivity index (χ3v) is 5.28. The molecular weight excluding hydrogens is 336 g/mol. The summed E-state index contributed by atoms with van der Waals surface area (Å²) in [6.45, 7) is 1.98. The number of rotatable bonds is 7. The Morgan fingerprint density at radius 1 is 1.08 bits per heavy atom.